The van der Waals surface area contributed by atoms with E-state index in [1.54, 1.807) is 0 Å². The lowest BCUT2D eigenvalue weighted by Crippen LogP contribution is -2.34. The predicted molar refractivity (Wildman–Crippen MR) is 83.2 cm³/mol. The number of hydrogen-bond donors (Lipinski definition) is 1. The van der Waals surface area contributed by atoms with Crippen molar-refractivity contribution in [3.05, 3.63) is 58.7 Å². The summed E-state index contributed by atoms with van der Waals surface area (Å²) in [6, 6.07) is 1.64. The van der Waals surface area contributed by atoms with Crippen molar-refractivity contribution in [3.8, 4) is 11.5 Å². The van der Waals surface area contributed by atoms with Crippen LogP contribution in [0.3, 0.4) is 0 Å². The maximum absolute atomic E-state index is 14.0. The molecule has 1 aliphatic rings. The molecule has 1 heterocycles. The first-order chi connectivity index (χ1) is 12.5. The smallest absolute Gasteiger partial charge is 0.368 e. The highest BCUT2D eigenvalue weighted by Gasteiger charge is 2.60. The average molecular weight is 404 g/mol. The van der Waals surface area contributed by atoms with Crippen molar-refractivity contribution in [2.45, 2.75) is 22.6 Å². The number of nitrogens with two attached hydrogens (primary N) is 1. The molecule has 0 aromatic heterocycles. The molecule has 5 nitrogen and oxygen atoms in total. The van der Waals surface area contributed by atoms with Crippen LogP contribution in [0.5, 0.6) is 11.5 Å². The molecular formula is C16H9F5N2O3S. The number of nitrogens with zero attached hydrogens (tertiary/aromatic N) is 1. The topological polar surface area (TPSA) is 73.8 Å². The van der Waals surface area contributed by atoms with Crippen molar-refractivity contribution >= 4 is 15.5 Å². The van der Waals surface area contributed by atoms with Gasteiger partial charge < -0.3 is 10.5 Å². The molecule has 0 saturated carbocycles. The highest BCUT2D eigenvalue weighted by molar-refractivity contribution is 7.92. The van der Waals surface area contributed by atoms with Crippen LogP contribution in [0.25, 0.3) is 4.85 Å². The normalized spacial score (nSPS) is 19.6. The van der Waals surface area contributed by atoms with Crippen molar-refractivity contribution in [1.29, 1.82) is 0 Å². The molecule has 2 aromatic carbocycles. The summed E-state index contributed by atoms with van der Waals surface area (Å²) in [5, 5.41) is -4.46. The minimum Gasteiger partial charge on any atom is -0.458 e. The molecule has 27 heavy (non-hydrogen) atoms. The molecule has 0 bridgehead atoms. The van der Waals surface area contributed by atoms with Crippen LogP contribution in [-0.2, 0) is 9.84 Å². The zero-order chi connectivity index (χ0) is 20.1. The summed E-state index contributed by atoms with van der Waals surface area (Å²) in [6.07, 6.45) is -3.40. The van der Waals surface area contributed by atoms with Gasteiger partial charge >= 0.3 is 5.25 Å². The Morgan fingerprint density at radius 1 is 1.22 bits per heavy atom. The SMILES string of the molecule is [C-]#[N+]c1cc(F)cc(Oc2ccc3c(c2C(F)F)[C@@H](N)C(F)(F)S3(=O)=O)c1. The van der Waals surface area contributed by atoms with E-state index in [0.29, 0.717) is 6.07 Å². The van der Waals surface area contributed by atoms with Gasteiger partial charge in [0.1, 0.15) is 23.4 Å². The van der Waals surface area contributed by atoms with Crippen LogP contribution in [0.2, 0.25) is 0 Å². The third-order valence-corrected chi connectivity index (χ3v) is 5.86. The Bertz CT molecular complexity index is 1080. The van der Waals surface area contributed by atoms with E-state index in [1.165, 1.54) is 0 Å². The third-order valence-electron chi connectivity index (χ3n) is 3.96. The lowest BCUT2D eigenvalue weighted by Gasteiger charge is -2.17. The second-order valence-corrected chi connectivity index (χ2v) is 7.58. The fraction of sp³-hybridized carbons (Fsp3) is 0.188. The number of alkyl halides is 4. The van der Waals surface area contributed by atoms with E-state index in [0.717, 1.165) is 24.3 Å². The number of halogens is 5. The molecule has 0 fully saturated rings. The molecule has 0 aliphatic carbocycles. The summed E-state index contributed by atoms with van der Waals surface area (Å²) in [5.74, 6) is -1.90. The van der Waals surface area contributed by atoms with E-state index < -0.39 is 55.1 Å². The molecule has 0 spiro atoms. The highest BCUT2D eigenvalue weighted by atomic mass is 32.2. The van der Waals surface area contributed by atoms with Crippen LogP contribution in [0.4, 0.5) is 27.6 Å². The molecule has 0 unspecified atom stereocenters. The van der Waals surface area contributed by atoms with Gasteiger partial charge in [0, 0.05) is 11.6 Å². The van der Waals surface area contributed by atoms with Gasteiger partial charge in [-0.3, -0.25) is 0 Å². The second kappa shape index (κ2) is 6.17. The van der Waals surface area contributed by atoms with E-state index in [2.05, 4.69) is 4.85 Å². The fourth-order valence-electron chi connectivity index (χ4n) is 2.75. The summed E-state index contributed by atoms with van der Waals surface area (Å²) in [6.45, 7) is 6.86. The molecule has 2 aromatic rings. The van der Waals surface area contributed by atoms with Gasteiger partial charge in [-0.05, 0) is 24.3 Å². The maximum atomic E-state index is 14.0. The largest absolute Gasteiger partial charge is 0.458 e. The Hall–Kier alpha value is -2.71. The zero-order valence-corrected chi connectivity index (χ0v) is 13.9. The summed E-state index contributed by atoms with van der Waals surface area (Å²) in [4.78, 5) is 1.97. The van der Waals surface area contributed by atoms with Crippen molar-refractivity contribution in [2.24, 2.45) is 5.73 Å². The molecule has 0 amide bonds. The van der Waals surface area contributed by atoms with Gasteiger partial charge in [-0.15, -0.1) is 0 Å². The first-order valence-corrected chi connectivity index (χ1v) is 8.68. The number of rotatable bonds is 3. The Labute approximate surface area is 149 Å². The molecule has 0 radical (unpaired) electrons. The number of fused-ring (bicyclic) bond motifs is 1. The van der Waals surface area contributed by atoms with E-state index in [1.807, 2.05) is 0 Å². The Morgan fingerprint density at radius 2 is 1.89 bits per heavy atom. The van der Waals surface area contributed by atoms with Crippen molar-refractivity contribution in [3.63, 3.8) is 0 Å². The third kappa shape index (κ3) is 2.81. The maximum Gasteiger partial charge on any atom is 0.368 e. The first kappa shape index (κ1) is 19.1. The number of ether oxygens (including phenoxy) is 1. The molecule has 1 atom stereocenters. The minimum atomic E-state index is -5.24. The van der Waals surface area contributed by atoms with Crippen LogP contribution >= 0.6 is 0 Å². The summed E-state index contributed by atoms with van der Waals surface area (Å²) in [5.41, 5.74) is 2.99. The van der Waals surface area contributed by atoms with Crippen molar-refractivity contribution < 1.29 is 35.1 Å². The van der Waals surface area contributed by atoms with Crippen LogP contribution in [-0.4, -0.2) is 13.7 Å². The average Bonchev–Trinajstić information content (AvgIpc) is 2.71. The summed E-state index contributed by atoms with van der Waals surface area (Å²) >= 11 is 0. The standard InChI is InChI=1S/C16H9F5N2O3S/c1-23-8-4-7(17)5-9(6-8)26-10-2-3-11-13(12(10)15(18)19)14(22)16(20,21)27(11,24)25/h2-6,14-15H,22H2/t14-/m1/s1. The lowest BCUT2D eigenvalue weighted by atomic mass is 10.0. The minimum absolute atomic E-state index is 0.185. The fourth-order valence-corrected chi connectivity index (χ4v) is 4.26. The van der Waals surface area contributed by atoms with E-state index in [9.17, 15) is 30.4 Å². The van der Waals surface area contributed by atoms with Crippen LogP contribution in [0, 0.1) is 12.4 Å². The summed E-state index contributed by atoms with van der Waals surface area (Å²) < 4.78 is 97.6. The summed E-state index contributed by atoms with van der Waals surface area (Å²) in [7, 11) is -5.24. The van der Waals surface area contributed by atoms with E-state index in [-0.39, 0.29) is 11.4 Å². The Balaban J connectivity index is 2.20. The Morgan fingerprint density at radius 3 is 2.48 bits per heavy atom. The predicted octanol–water partition coefficient (Wildman–Crippen LogP) is 4.49. The monoisotopic (exact) mass is 404 g/mol. The van der Waals surface area contributed by atoms with Crippen LogP contribution in [0.15, 0.2) is 35.2 Å². The Kier molecular flexibility index (Phi) is 4.36. The molecule has 11 heteroatoms. The lowest BCUT2D eigenvalue weighted by molar-refractivity contribution is 0.0662. The quantitative estimate of drug-likeness (QED) is 0.605. The van der Waals surface area contributed by atoms with E-state index >= 15 is 0 Å². The van der Waals surface area contributed by atoms with Gasteiger partial charge in [-0.25, -0.2) is 26.4 Å². The van der Waals surface area contributed by atoms with Crippen LogP contribution in [0.1, 0.15) is 23.6 Å². The van der Waals surface area contributed by atoms with Gasteiger partial charge in [0.15, 0.2) is 5.69 Å². The molecular weight excluding hydrogens is 395 g/mol. The van der Waals surface area contributed by atoms with Crippen molar-refractivity contribution in [2.75, 3.05) is 0 Å². The molecule has 142 valence electrons. The number of benzene rings is 2. The first-order valence-electron chi connectivity index (χ1n) is 7.19. The number of hydrogen-bond acceptors (Lipinski definition) is 4. The van der Waals surface area contributed by atoms with Crippen molar-refractivity contribution in [1.82, 2.24) is 0 Å². The van der Waals surface area contributed by atoms with Gasteiger partial charge in [0.2, 0.25) is 9.84 Å². The highest BCUT2D eigenvalue weighted by Crippen LogP contribution is 2.52. The van der Waals surface area contributed by atoms with Gasteiger partial charge in [-0.2, -0.15) is 8.78 Å². The molecule has 1 aliphatic heterocycles. The van der Waals surface area contributed by atoms with Gasteiger partial charge in [0.25, 0.3) is 6.43 Å². The van der Waals surface area contributed by atoms with Gasteiger partial charge in [-0.1, -0.05) is 0 Å². The zero-order valence-electron chi connectivity index (χ0n) is 13.1. The number of sulfone groups is 1. The van der Waals surface area contributed by atoms with E-state index in [4.69, 9.17) is 17.0 Å². The molecule has 2 N–H and O–H groups in total. The molecule has 3 rings (SSSR count). The second-order valence-electron chi connectivity index (χ2n) is 5.59. The van der Waals surface area contributed by atoms with Crippen LogP contribution < -0.4 is 10.5 Å². The molecule has 0 saturated heterocycles. The van der Waals surface area contributed by atoms with Gasteiger partial charge in [0.05, 0.1) is 17.0 Å².